The summed E-state index contributed by atoms with van der Waals surface area (Å²) in [7, 11) is 0. The van der Waals surface area contributed by atoms with Gasteiger partial charge in [0.2, 0.25) is 0 Å². The molecule has 0 saturated carbocycles. The van der Waals surface area contributed by atoms with Crippen molar-refractivity contribution in [1.29, 1.82) is 0 Å². The first-order valence-corrected chi connectivity index (χ1v) is 5.84. The highest BCUT2D eigenvalue weighted by Crippen LogP contribution is 2.17. The van der Waals surface area contributed by atoms with Gasteiger partial charge in [-0.2, -0.15) is 0 Å². The van der Waals surface area contributed by atoms with Crippen molar-refractivity contribution < 1.29 is 9.90 Å². The Labute approximate surface area is 111 Å². The fourth-order valence-corrected chi connectivity index (χ4v) is 1.64. The summed E-state index contributed by atoms with van der Waals surface area (Å²) in [5.74, 6) is 0.0645. The lowest BCUT2D eigenvalue weighted by atomic mass is 10.1. The number of phenolic OH excluding ortho intramolecular Hbond substituents is 1. The lowest BCUT2D eigenvalue weighted by molar-refractivity contribution is 0.104. The van der Waals surface area contributed by atoms with Crippen LogP contribution >= 0.6 is 0 Å². The largest absolute Gasteiger partial charge is 0.508 e. The molecule has 2 aromatic rings. The van der Waals surface area contributed by atoms with Crippen LogP contribution in [0, 0.1) is 0 Å². The zero-order valence-corrected chi connectivity index (χ0v) is 10.5. The highest BCUT2D eigenvalue weighted by molar-refractivity contribution is 6.04. The lowest BCUT2D eigenvalue weighted by Gasteiger charge is -2.06. The molecule has 0 unspecified atom stereocenters. The van der Waals surface area contributed by atoms with Crippen molar-refractivity contribution in [3.8, 4) is 5.75 Å². The smallest absolute Gasteiger partial charge is 0.189 e. The number of allylic oxidation sites excluding steroid dienone is 2. The average Bonchev–Trinajstić information content (AvgIpc) is 2.39. The number of nitrogens with one attached hydrogen (secondary N) is 1. The second-order valence-corrected chi connectivity index (χ2v) is 4.11. The fraction of sp³-hybridized carbons (Fsp3) is 0.0667. The van der Waals surface area contributed by atoms with Crippen LogP contribution in [-0.4, -0.2) is 15.9 Å². The Balaban J connectivity index is 2.09. The van der Waals surface area contributed by atoms with Crippen molar-refractivity contribution in [3.63, 3.8) is 0 Å². The third-order valence-electron chi connectivity index (χ3n) is 2.48. The van der Waals surface area contributed by atoms with Crippen molar-refractivity contribution in [2.75, 3.05) is 5.32 Å². The molecule has 0 spiro atoms. The van der Waals surface area contributed by atoms with Gasteiger partial charge in [-0.3, -0.25) is 9.78 Å². The number of pyridine rings is 1. The summed E-state index contributed by atoms with van der Waals surface area (Å²) in [6.07, 6.45) is 4.65. The Kier molecular flexibility index (Phi) is 3.93. The van der Waals surface area contributed by atoms with Crippen LogP contribution in [0.3, 0.4) is 0 Å². The van der Waals surface area contributed by atoms with E-state index in [-0.39, 0.29) is 11.5 Å². The Morgan fingerprint density at radius 3 is 2.84 bits per heavy atom. The van der Waals surface area contributed by atoms with E-state index in [2.05, 4.69) is 10.3 Å². The standard InChI is InChI=1S/C15H14N2O2/c1-11(17-13-5-2-6-14(18)9-13)8-15(19)12-4-3-7-16-10-12/h2-10,17-18H,1H3. The van der Waals surface area contributed by atoms with Gasteiger partial charge in [-0.1, -0.05) is 6.07 Å². The minimum Gasteiger partial charge on any atom is -0.508 e. The Morgan fingerprint density at radius 1 is 1.32 bits per heavy atom. The van der Waals surface area contributed by atoms with Crippen molar-refractivity contribution in [3.05, 3.63) is 66.1 Å². The van der Waals surface area contributed by atoms with Crippen LogP contribution in [0.2, 0.25) is 0 Å². The predicted octanol–water partition coefficient (Wildman–Crippen LogP) is 2.99. The number of nitrogens with zero attached hydrogens (tertiary/aromatic N) is 1. The second kappa shape index (κ2) is 5.82. The first kappa shape index (κ1) is 12.8. The normalized spacial score (nSPS) is 11.1. The number of hydrogen-bond acceptors (Lipinski definition) is 4. The van der Waals surface area contributed by atoms with Crippen molar-refractivity contribution in [2.24, 2.45) is 0 Å². The van der Waals surface area contributed by atoms with Crippen LogP contribution in [0.15, 0.2) is 60.6 Å². The highest BCUT2D eigenvalue weighted by Gasteiger charge is 2.03. The van der Waals surface area contributed by atoms with Gasteiger partial charge in [0.05, 0.1) is 0 Å². The SMILES string of the molecule is CC(=CC(=O)c1cccnc1)Nc1cccc(O)c1. The molecule has 2 rings (SSSR count). The van der Waals surface area contributed by atoms with Gasteiger partial charge >= 0.3 is 0 Å². The third-order valence-corrected chi connectivity index (χ3v) is 2.48. The number of anilines is 1. The van der Waals surface area contributed by atoms with Crippen LogP contribution in [0.4, 0.5) is 5.69 Å². The first-order valence-electron chi connectivity index (χ1n) is 5.84. The van der Waals surface area contributed by atoms with Crippen LogP contribution in [0.25, 0.3) is 0 Å². The summed E-state index contributed by atoms with van der Waals surface area (Å²) >= 11 is 0. The summed E-state index contributed by atoms with van der Waals surface area (Å²) in [5, 5.41) is 12.4. The molecule has 0 amide bonds. The number of benzene rings is 1. The van der Waals surface area contributed by atoms with Gasteiger partial charge in [-0.25, -0.2) is 0 Å². The van der Waals surface area contributed by atoms with E-state index >= 15 is 0 Å². The summed E-state index contributed by atoms with van der Waals surface area (Å²) < 4.78 is 0. The maximum atomic E-state index is 11.9. The van der Waals surface area contributed by atoms with Gasteiger partial charge in [-0.15, -0.1) is 0 Å². The third kappa shape index (κ3) is 3.67. The number of hydrogen-bond donors (Lipinski definition) is 2. The summed E-state index contributed by atoms with van der Waals surface area (Å²) in [5.41, 5.74) is 1.96. The van der Waals surface area contributed by atoms with E-state index in [4.69, 9.17) is 0 Å². The molecule has 0 fully saturated rings. The minimum atomic E-state index is -0.113. The van der Waals surface area contributed by atoms with Gasteiger partial charge in [0.15, 0.2) is 5.78 Å². The molecule has 2 N–H and O–H groups in total. The zero-order chi connectivity index (χ0) is 13.7. The van der Waals surface area contributed by atoms with Crippen molar-refractivity contribution in [2.45, 2.75) is 6.92 Å². The molecule has 1 aromatic heterocycles. The van der Waals surface area contributed by atoms with Gasteiger partial charge in [0.25, 0.3) is 0 Å². The maximum absolute atomic E-state index is 11.9. The maximum Gasteiger partial charge on any atom is 0.189 e. The number of phenols is 1. The van der Waals surface area contributed by atoms with Gasteiger partial charge in [0.1, 0.15) is 5.75 Å². The van der Waals surface area contributed by atoms with E-state index < -0.39 is 0 Å². The lowest BCUT2D eigenvalue weighted by Crippen LogP contribution is -2.01. The number of aromatic nitrogens is 1. The molecule has 0 aliphatic heterocycles. The number of carbonyl (C=O) groups excluding carboxylic acids is 1. The van der Waals surface area contributed by atoms with Crippen LogP contribution in [0.1, 0.15) is 17.3 Å². The van der Waals surface area contributed by atoms with E-state index in [1.165, 1.54) is 12.3 Å². The molecular formula is C15H14N2O2. The molecule has 0 aliphatic rings. The number of carbonyl (C=O) groups is 1. The van der Waals surface area contributed by atoms with Gasteiger partial charge < -0.3 is 10.4 Å². The zero-order valence-electron chi connectivity index (χ0n) is 10.5. The number of rotatable bonds is 4. The average molecular weight is 254 g/mol. The first-order chi connectivity index (χ1) is 9.15. The van der Waals surface area contributed by atoms with Crippen LogP contribution in [-0.2, 0) is 0 Å². The fourth-order valence-electron chi connectivity index (χ4n) is 1.64. The Morgan fingerprint density at radius 2 is 2.16 bits per heavy atom. The molecule has 19 heavy (non-hydrogen) atoms. The minimum absolute atomic E-state index is 0.113. The second-order valence-electron chi connectivity index (χ2n) is 4.11. The Hall–Kier alpha value is -2.62. The molecule has 0 atom stereocenters. The molecule has 4 nitrogen and oxygen atoms in total. The molecule has 0 aliphatic carbocycles. The molecule has 1 aromatic carbocycles. The topological polar surface area (TPSA) is 62.2 Å². The van der Waals surface area contributed by atoms with E-state index in [0.717, 1.165) is 5.69 Å². The quantitative estimate of drug-likeness (QED) is 0.650. The Bertz CT molecular complexity index is 607. The molecular weight excluding hydrogens is 240 g/mol. The summed E-state index contributed by atoms with van der Waals surface area (Å²) in [6.45, 7) is 1.79. The van der Waals surface area contributed by atoms with E-state index in [1.54, 1.807) is 43.5 Å². The van der Waals surface area contributed by atoms with Crippen molar-refractivity contribution >= 4 is 11.5 Å². The molecule has 96 valence electrons. The van der Waals surface area contributed by atoms with E-state index in [0.29, 0.717) is 11.3 Å². The van der Waals surface area contributed by atoms with E-state index in [9.17, 15) is 9.90 Å². The van der Waals surface area contributed by atoms with Crippen LogP contribution in [0.5, 0.6) is 5.75 Å². The highest BCUT2D eigenvalue weighted by atomic mass is 16.3. The summed E-state index contributed by atoms with van der Waals surface area (Å²) in [4.78, 5) is 15.8. The van der Waals surface area contributed by atoms with Gasteiger partial charge in [-0.05, 0) is 31.2 Å². The predicted molar refractivity (Wildman–Crippen MR) is 74.1 cm³/mol. The van der Waals surface area contributed by atoms with Gasteiger partial charge in [0, 0.05) is 41.5 Å². The van der Waals surface area contributed by atoms with E-state index in [1.807, 2.05) is 6.07 Å². The molecule has 0 saturated heterocycles. The molecule has 1 heterocycles. The molecule has 0 bridgehead atoms. The molecule has 0 radical (unpaired) electrons. The van der Waals surface area contributed by atoms with Crippen molar-refractivity contribution in [1.82, 2.24) is 4.98 Å². The number of aromatic hydroxyl groups is 1. The summed E-state index contributed by atoms with van der Waals surface area (Å²) in [6, 6.07) is 10.2. The van der Waals surface area contributed by atoms with Crippen LogP contribution < -0.4 is 5.32 Å². The molecule has 4 heteroatoms. The number of ketones is 1. The monoisotopic (exact) mass is 254 g/mol.